The normalized spacial score (nSPS) is 12.5. The van der Waals surface area contributed by atoms with Gasteiger partial charge < -0.3 is 9.67 Å². The molecule has 0 bridgehead atoms. The zero-order valence-corrected chi connectivity index (χ0v) is 10.4. The lowest BCUT2D eigenvalue weighted by atomic mass is 9.97. The molecule has 0 aliphatic carbocycles. The Morgan fingerprint density at radius 1 is 1.29 bits per heavy atom. The molecule has 94 valence electrons. The number of carbonyl (C=O) groups is 1. The second-order valence-electron chi connectivity index (χ2n) is 4.20. The monoisotopic (exact) mass is 240 g/mol. The highest BCUT2D eigenvalue weighted by Crippen LogP contribution is 2.17. The van der Waals surface area contributed by atoms with Gasteiger partial charge in [-0.3, -0.25) is 14.2 Å². The van der Waals surface area contributed by atoms with Crippen LogP contribution in [0.2, 0.25) is 0 Å². The minimum absolute atomic E-state index is 0.131. The zero-order chi connectivity index (χ0) is 13.3. The van der Waals surface area contributed by atoms with Gasteiger partial charge >= 0.3 is 11.7 Å². The number of hydrogen-bond acceptors (Lipinski definition) is 3. The van der Waals surface area contributed by atoms with Crippen LogP contribution in [-0.2, 0) is 18.9 Å². The van der Waals surface area contributed by atoms with Gasteiger partial charge in [0.25, 0.3) is 5.56 Å². The summed E-state index contributed by atoms with van der Waals surface area (Å²) in [5.74, 6) is -1.38. The van der Waals surface area contributed by atoms with Gasteiger partial charge in [-0.2, -0.15) is 0 Å². The van der Waals surface area contributed by atoms with Crippen molar-refractivity contribution in [2.75, 3.05) is 0 Å². The van der Waals surface area contributed by atoms with Crippen LogP contribution in [0.25, 0.3) is 0 Å². The lowest BCUT2D eigenvalue weighted by Gasteiger charge is -2.15. The van der Waals surface area contributed by atoms with Crippen molar-refractivity contribution in [3.63, 3.8) is 0 Å². The van der Waals surface area contributed by atoms with Gasteiger partial charge in [0.1, 0.15) is 0 Å². The molecule has 0 fully saturated rings. The molecule has 0 unspecified atom stereocenters. The number of aliphatic carboxylic acids is 1. The van der Waals surface area contributed by atoms with Crippen LogP contribution in [0.5, 0.6) is 0 Å². The summed E-state index contributed by atoms with van der Waals surface area (Å²) in [5.41, 5.74) is 0.0852. The SMILES string of the molecule is Cc1c([C@@H](C)CC(=O)O)c(=O)n(C)c(=O)n1C. The molecule has 17 heavy (non-hydrogen) atoms. The molecule has 0 aromatic carbocycles. The van der Waals surface area contributed by atoms with Crippen molar-refractivity contribution in [1.82, 2.24) is 9.13 Å². The Hall–Kier alpha value is -1.85. The van der Waals surface area contributed by atoms with Crippen LogP contribution in [0.3, 0.4) is 0 Å². The summed E-state index contributed by atoms with van der Waals surface area (Å²) in [6.07, 6.45) is -0.131. The van der Waals surface area contributed by atoms with E-state index in [1.54, 1.807) is 20.9 Å². The van der Waals surface area contributed by atoms with Gasteiger partial charge in [-0.05, 0) is 12.8 Å². The van der Waals surface area contributed by atoms with Gasteiger partial charge in [-0.25, -0.2) is 4.79 Å². The fraction of sp³-hybridized carbons (Fsp3) is 0.545. The van der Waals surface area contributed by atoms with Gasteiger partial charge in [0.2, 0.25) is 0 Å². The topological polar surface area (TPSA) is 81.3 Å². The van der Waals surface area contributed by atoms with E-state index in [-0.39, 0.29) is 6.42 Å². The molecule has 0 radical (unpaired) electrons. The zero-order valence-electron chi connectivity index (χ0n) is 10.4. The summed E-state index contributed by atoms with van der Waals surface area (Å²) in [6, 6.07) is 0. The molecule has 0 saturated heterocycles. The van der Waals surface area contributed by atoms with Crippen molar-refractivity contribution < 1.29 is 9.90 Å². The molecule has 1 atom stereocenters. The molecule has 0 spiro atoms. The lowest BCUT2D eigenvalue weighted by molar-refractivity contribution is -0.137. The van der Waals surface area contributed by atoms with E-state index >= 15 is 0 Å². The molecule has 6 heteroatoms. The van der Waals surface area contributed by atoms with Gasteiger partial charge in [-0.15, -0.1) is 0 Å². The lowest BCUT2D eigenvalue weighted by Crippen LogP contribution is -2.41. The Morgan fingerprint density at radius 2 is 1.82 bits per heavy atom. The van der Waals surface area contributed by atoms with Crippen LogP contribution < -0.4 is 11.2 Å². The second-order valence-corrected chi connectivity index (χ2v) is 4.20. The Labute approximate surface area is 98.1 Å². The van der Waals surface area contributed by atoms with Crippen molar-refractivity contribution in [3.05, 3.63) is 32.1 Å². The third-order valence-electron chi connectivity index (χ3n) is 2.98. The first-order valence-electron chi connectivity index (χ1n) is 5.25. The fourth-order valence-electron chi connectivity index (χ4n) is 1.90. The van der Waals surface area contributed by atoms with E-state index in [1.165, 1.54) is 11.6 Å². The van der Waals surface area contributed by atoms with Crippen LogP contribution in [0.15, 0.2) is 9.59 Å². The molecule has 1 heterocycles. The van der Waals surface area contributed by atoms with Gasteiger partial charge in [0.15, 0.2) is 0 Å². The number of carboxylic acids is 1. The minimum Gasteiger partial charge on any atom is -0.481 e. The Balaban J connectivity index is 3.50. The van der Waals surface area contributed by atoms with E-state index in [0.717, 1.165) is 4.57 Å². The van der Waals surface area contributed by atoms with E-state index in [2.05, 4.69) is 0 Å². The predicted molar refractivity (Wildman–Crippen MR) is 62.3 cm³/mol. The van der Waals surface area contributed by atoms with Gasteiger partial charge in [0, 0.05) is 25.4 Å². The predicted octanol–water partition coefficient (Wildman–Crippen LogP) is -0.0294. The highest BCUT2D eigenvalue weighted by molar-refractivity contribution is 5.68. The summed E-state index contributed by atoms with van der Waals surface area (Å²) in [5, 5.41) is 8.74. The molecular formula is C11H16N2O4. The van der Waals surface area contributed by atoms with E-state index in [9.17, 15) is 14.4 Å². The van der Waals surface area contributed by atoms with E-state index in [4.69, 9.17) is 5.11 Å². The summed E-state index contributed by atoms with van der Waals surface area (Å²) >= 11 is 0. The third-order valence-corrected chi connectivity index (χ3v) is 2.98. The molecule has 6 nitrogen and oxygen atoms in total. The maximum absolute atomic E-state index is 11.9. The first-order chi connectivity index (χ1) is 7.77. The van der Waals surface area contributed by atoms with Crippen LogP contribution >= 0.6 is 0 Å². The standard InChI is InChI=1S/C11H16N2O4/c1-6(5-8(14)15)9-7(2)12(3)11(17)13(4)10(9)16/h6H,5H2,1-4H3,(H,14,15)/t6-/m0/s1. The van der Waals surface area contributed by atoms with Crippen molar-refractivity contribution in [2.45, 2.75) is 26.2 Å². The van der Waals surface area contributed by atoms with Crippen molar-refractivity contribution in [2.24, 2.45) is 14.1 Å². The Morgan fingerprint density at radius 3 is 2.29 bits per heavy atom. The molecule has 1 aromatic heterocycles. The number of nitrogens with zero attached hydrogens (tertiary/aromatic N) is 2. The smallest absolute Gasteiger partial charge is 0.330 e. The summed E-state index contributed by atoms with van der Waals surface area (Å²) < 4.78 is 2.36. The summed E-state index contributed by atoms with van der Waals surface area (Å²) in [6.45, 7) is 3.32. The molecule has 0 saturated carbocycles. The van der Waals surface area contributed by atoms with Crippen molar-refractivity contribution in [1.29, 1.82) is 0 Å². The quantitative estimate of drug-likeness (QED) is 0.804. The molecule has 0 aliphatic heterocycles. The van der Waals surface area contributed by atoms with Crippen LogP contribution in [-0.4, -0.2) is 20.2 Å². The fourth-order valence-corrected chi connectivity index (χ4v) is 1.90. The van der Waals surface area contributed by atoms with E-state index in [0.29, 0.717) is 11.3 Å². The van der Waals surface area contributed by atoms with Gasteiger partial charge in [0.05, 0.1) is 6.42 Å². The molecule has 1 aromatic rings. The number of aromatic nitrogens is 2. The van der Waals surface area contributed by atoms with Crippen molar-refractivity contribution in [3.8, 4) is 0 Å². The Kier molecular flexibility index (Phi) is 3.55. The number of rotatable bonds is 3. The Bertz CT molecular complexity index is 568. The molecule has 1 N–H and O–H groups in total. The summed E-state index contributed by atoms with van der Waals surface area (Å²) in [7, 11) is 2.95. The number of carboxylic acid groups (broad SMARTS) is 1. The minimum atomic E-state index is -0.965. The maximum atomic E-state index is 11.9. The van der Waals surface area contributed by atoms with E-state index in [1.807, 2.05) is 0 Å². The maximum Gasteiger partial charge on any atom is 0.330 e. The first-order valence-corrected chi connectivity index (χ1v) is 5.25. The largest absolute Gasteiger partial charge is 0.481 e. The second kappa shape index (κ2) is 4.57. The van der Waals surface area contributed by atoms with E-state index < -0.39 is 23.1 Å². The first kappa shape index (κ1) is 13.2. The van der Waals surface area contributed by atoms with Crippen molar-refractivity contribution >= 4 is 5.97 Å². The molecule has 1 rings (SSSR count). The van der Waals surface area contributed by atoms with Crippen LogP contribution in [0, 0.1) is 6.92 Å². The molecule has 0 amide bonds. The van der Waals surface area contributed by atoms with Crippen LogP contribution in [0.1, 0.15) is 30.5 Å². The molecule has 0 aliphatic rings. The third kappa shape index (κ3) is 2.30. The van der Waals surface area contributed by atoms with Crippen LogP contribution in [0.4, 0.5) is 0 Å². The highest BCUT2D eigenvalue weighted by Gasteiger charge is 2.19. The summed E-state index contributed by atoms with van der Waals surface area (Å²) in [4.78, 5) is 34.2. The average molecular weight is 240 g/mol. The average Bonchev–Trinajstić information content (AvgIpc) is 2.23. The highest BCUT2D eigenvalue weighted by atomic mass is 16.4. The molecular weight excluding hydrogens is 224 g/mol. The number of hydrogen-bond donors (Lipinski definition) is 1. The van der Waals surface area contributed by atoms with Gasteiger partial charge in [-0.1, -0.05) is 6.92 Å².